The SMILES string of the molecule is COC(=O)C1CCN(c2nc3cc(C(C)C)ccc3o2)CC1. The lowest BCUT2D eigenvalue weighted by Crippen LogP contribution is -2.36. The summed E-state index contributed by atoms with van der Waals surface area (Å²) in [4.78, 5) is 18.3. The minimum absolute atomic E-state index is 0.00169. The van der Waals surface area contributed by atoms with Gasteiger partial charge in [-0.1, -0.05) is 19.9 Å². The normalized spacial score (nSPS) is 16.5. The van der Waals surface area contributed by atoms with Crippen LogP contribution < -0.4 is 4.90 Å². The highest BCUT2D eigenvalue weighted by atomic mass is 16.5. The Morgan fingerprint density at radius 1 is 1.36 bits per heavy atom. The Balaban J connectivity index is 1.76. The maximum atomic E-state index is 11.6. The standard InChI is InChI=1S/C17H22N2O3/c1-11(2)13-4-5-15-14(10-13)18-17(22-15)19-8-6-12(7-9-19)16(20)21-3/h4-5,10-12H,6-9H2,1-3H3. The van der Waals surface area contributed by atoms with E-state index in [4.69, 9.17) is 9.15 Å². The molecule has 1 aliphatic heterocycles. The Morgan fingerprint density at radius 3 is 2.73 bits per heavy atom. The maximum Gasteiger partial charge on any atom is 0.308 e. The van der Waals surface area contributed by atoms with E-state index in [1.165, 1.54) is 12.7 Å². The van der Waals surface area contributed by atoms with Crippen molar-refractivity contribution >= 4 is 23.1 Å². The van der Waals surface area contributed by atoms with E-state index in [-0.39, 0.29) is 11.9 Å². The summed E-state index contributed by atoms with van der Waals surface area (Å²) in [6, 6.07) is 6.82. The lowest BCUT2D eigenvalue weighted by Gasteiger charge is -2.29. The van der Waals surface area contributed by atoms with E-state index in [0.29, 0.717) is 11.9 Å². The van der Waals surface area contributed by atoms with E-state index in [0.717, 1.165) is 37.0 Å². The number of anilines is 1. The first-order valence-corrected chi connectivity index (χ1v) is 7.81. The molecular formula is C17H22N2O3. The average molecular weight is 302 g/mol. The number of esters is 1. The van der Waals surface area contributed by atoms with Gasteiger partial charge in [-0.2, -0.15) is 4.98 Å². The second kappa shape index (κ2) is 5.99. The molecule has 0 radical (unpaired) electrons. The van der Waals surface area contributed by atoms with Crippen LogP contribution in [-0.2, 0) is 9.53 Å². The molecule has 2 heterocycles. The molecule has 2 aromatic rings. The van der Waals surface area contributed by atoms with Crippen molar-refractivity contribution in [3.63, 3.8) is 0 Å². The number of fused-ring (bicyclic) bond motifs is 1. The number of oxazole rings is 1. The molecular weight excluding hydrogens is 280 g/mol. The van der Waals surface area contributed by atoms with Gasteiger partial charge >= 0.3 is 5.97 Å². The summed E-state index contributed by atoms with van der Waals surface area (Å²) in [5.41, 5.74) is 2.97. The molecule has 0 saturated carbocycles. The topological polar surface area (TPSA) is 55.6 Å². The van der Waals surface area contributed by atoms with Crippen molar-refractivity contribution in [2.45, 2.75) is 32.6 Å². The predicted octanol–water partition coefficient (Wildman–Crippen LogP) is 3.34. The van der Waals surface area contributed by atoms with E-state index >= 15 is 0 Å². The van der Waals surface area contributed by atoms with Gasteiger partial charge in [0.15, 0.2) is 5.58 Å². The van der Waals surface area contributed by atoms with Crippen LogP contribution in [-0.4, -0.2) is 31.2 Å². The first-order valence-electron chi connectivity index (χ1n) is 7.81. The predicted molar refractivity (Wildman–Crippen MR) is 85.1 cm³/mol. The first kappa shape index (κ1) is 14.9. The molecule has 5 nitrogen and oxygen atoms in total. The second-order valence-electron chi connectivity index (χ2n) is 6.16. The lowest BCUT2D eigenvalue weighted by atomic mass is 9.97. The smallest absolute Gasteiger partial charge is 0.308 e. The van der Waals surface area contributed by atoms with E-state index in [9.17, 15) is 4.79 Å². The molecule has 0 unspecified atom stereocenters. The van der Waals surface area contributed by atoms with Crippen LogP contribution in [0.3, 0.4) is 0 Å². The van der Waals surface area contributed by atoms with Crippen molar-refractivity contribution in [1.82, 2.24) is 4.98 Å². The first-order chi connectivity index (χ1) is 10.6. The zero-order valence-corrected chi connectivity index (χ0v) is 13.3. The van der Waals surface area contributed by atoms with Gasteiger partial charge in [0.05, 0.1) is 13.0 Å². The van der Waals surface area contributed by atoms with Crippen molar-refractivity contribution in [2.24, 2.45) is 5.92 Å². The van der Waals surface area contributed by atoms with Crippen molar-refractivity contribution in [1.29, 1.82) is 0 Å². The molecule has 1 aromatic heterocycles. The third kappa shape index (κ3) is 2.80. The third-order valence-corrected chi connectivity index (χ3v) is 4.37. The Bertz CT molecular complexity index is 670. The number of rotatable bonds is 3. The number of piperidine rings is 1. The number of carbonyl (C=O) groups excluding carboxylic acids is 1. The molecule has 22 heavy (non-hydrogen) atoms. The fraction of sp³-hybridized carbons (Fsp3) is 0.529. The zero-order chi connectivity index (χ0) is 15.7. The van der Waals surface area contributed by atoms with Crippen LogP contribution in [0.4, 0.5) is 6.01 Å². The van der Waals surface area contributed by atoms with E-state index < -0.39 is 0 Å². The van der Waals surface area contributed by atoms with Gasteiger partial charge in [0, 0.05) is 13.1 Å². The van der Waals surface area contributed by atoms with E-state index in [1.807, 2.05) is 6.07 Å². The molecule has 0 spiro atoms. The van der Waals surface area contributed by atoms with Crippen LogP contribution >= 0.6 is 0 Å². The number of nitrogens with zero attached hydrogens (tertiary/aromatic N) is 2. The van der Waals surface area contributed by atoms with Crippen LogP contribution in [0, 0.1) is 5.92 Å². The third-order valence-electron chi connectivity index (χ3n) is 4.37. The van der Waals surface area contributed by atoms with Gasteiger partial charge in [-0.25, -0.2) is 0 Å². The summed E-state index contributed by atoms with van der Waals surface area (Å²) in [6.45, 7) is 5.87. The maximum absolute atomic E-state index is 11.6. The van der Waals surface area contributed by atoms with Gasteiger partial charge < -0.3 is 14.1 Å². The summed E-state index contributed by atoms with van der Waals surface area (Å²) in [7, 11) is 1.45. The number of benzene rings is 1. The number of aromatic nitrogens is 1. The van der Waals surface area contributed by atoms with Crippen molar-refractivity contribution < 1.29 is 13.9 Å². The highest BCUT2D eigenvalue weighted by molar-refractivity contribution is 5.76. The summed E-state index contributed by atoms with van der Waals surface area (Å²) >= 11 is 0. The van der Waals surface area contributed by atoms with Gasteiger partial charge in [-0.05, 0) is 36.5 Å². The number of carbonyl (C=O) groups is 1. The van der Waals surface area contributed by atoms with Crippen LogP contribution in [0.1, 0.15) is 38.2 Å². The van der Waals surface area contributed by atoms with Crippen LogP contribution in [0.15, 0.2) is 22.6 Å². The lowest BCUT2D eigenvalue weighted by molar-refractivity contribution is -0.146. The molecule has 5 heteroatoms. The number of ether oxygens (including phenoxy) is 1. The Morgan fingerprint density at radius 2 is 2.09 bits per heavy atom. The zero-order valence-electron chi connectivity index (χ0n) is 13.3. The molecule has 0 aliphatic carbocycles. The minimum atomic E-state index is -0.112. The minimum Gasteiger partial charge on any atom is -0.469 e. The highest BCUT2D eigenvalue weighted by Gasteiger charge is 2.27. The van der Waals surface area contributed by atoms with Gasteiger partial charge in [0.1, 0.15) is 5.52 Å². The average Bonchev–Trinajstić information content (AvgIpc) is 2.97. The molecule has 0 bridgehead atoms. The summed E-state index contributed by atoms with van der Waals surface area (Å²) < 4.78 is 10.7. The fourth-order valence-corrected chi connectivity index (χ4v) is 2.90. The van der Waals surface area contributed by atoms with Gasteiger partial charge in [0.25, 0.3) is 6.01 Å². The molecule has 1 fully saturated rings. The largest absolute Gasteiger partial charge is 0.469 e. The molecule has 0 amide bonds. The van der Waals surface area contributed by atoms with Crippen LogP contribution in [0.5, 0.6) is 0 Å². The van der Waals surface area contributed by atoms with E-state index in [1.54, 1.807) is 0 Å². The van der Waals surface area contributed by atoms with Gasteiger partial charge in [0.2, 0.25) is 0 Å². The molecule has 1 saturated heterocycles. The summed E-state index contributed by atoms with van der Waals surface area (Å²) in [6.07, 6.45) is 1.56. The molecule has 118 valence electrons. The molecule has 1 aromatic carbocycles. The van der Waals surface area contributed by atoms with Crippen LogP contribution in [0.25, 0.3) is 11.1 Å². The van der Waals surface area contributed by atoms with Crippen LogP contribution in [0.2, 0.25) is 0 Å². The van der Waals surface area contributed by atoms with E-state index in [2.05, 4.69) is 35.9 Å². The fourth-order valence-electron chi connectivity index (χ4n) is 2.90. The summed E-state index contributed by atoms with van der Waals surface area (Å²) in [5, 5.41) is 0. The second-order valence-corrected chi connectivity index (χ2v) is 6.16. The van der Waals surface area contributed by atoms with Crippen molar-refractivity contribution in [3.05, 3.63) is 23.8 Å². The monoisotopic (exact) mass is 302 g/mol. The quantitative estimate of drug-likeness (QED) is 0.814. The number of methoxy groups -OCH3 is 1. The Kier molecular flexibility index (Phi) is 4.05. The Labute approximate surface area is 130 Å². The Hall–Kier alpha value is -2.04. The molecule has 3 rings (SSSR count). The van der Waals surface area contributed by atoms with Gasteiger partial charge in [-0.15, -0.1) is 0 Å². The molecule has 0 N–H and O–H groups in total. The summed E-state index contributed by atoms with van der Waals surface area (Å²) in [5.74, 6) is 0.359. The number of hydrogen-bond donors (Lipinski definition) is 0. The van der Waals surface area contributed by atoms with Crippen molar-refractivity contribution in [3.8, 4) is 0 Å². The van der Waals surface area contributed by atoms with Crippen molar-refractivity contribution in [2.75, 3.05) is 25.1 Å². The molecule has 1 aliphatic rings. The molecule has 0 atom stereocenters. The highest BCUT2D eigenvalue weighted by Crippen LogP contribution is 2.28. The number of hydrogen-bond acceptors (Lipinski definition) is 5. The van der Waals surface area contributed by atoms with Gasteiger partial charge in [-0.3, -0.25) is 4.79 Å².